The second-order valence-electron chi connectivity index (χ2n) is 4.49. The minimum absolute atomic E-state index is 0.107. The van der Waals surface area contributed by atoms with Crippen molar-refractivity contribution in [3.63, 3.8) is 0 Å². The third kappa shape index (κ3) is 3.75. The van der Waals surface area contributed by atoms with Crippen LogP contribution >= 0.6 is 0 Å². The Kier molecular flexibility index (Phi) is 4.52. The van der Waals surface area contributed by atoms with E-state index in [9.17, 15) is 4.79 Å². The number of primary amides is 1. The molecule has 0 fully saturated rings. The zero-order valence-electron chi connectivity index (χ0n) is 10.6. The van der Waals surface area contributed by atoms with Gasteiger partial charge in [-0.1, -0.05) is 19.9 Å². The average Bonchev–Trinajstić information content (AvgIpc) is 2.25. The topological polar surface area (TPSA) is 78.3 Å². The Morgan fingerprint density at radius 1 is 1.41 bits per heavy atom. The van der Waals surface area contributed by atoms with Gasteiger partial charge in [0.2, 0.25) is 5.91 Å². The second kappa shape index (κ2) is 5.68. The molecule has 0 bridgehead atoms. The average molecular weight is 236 g/mol. The number of ether oxygens (including phenoxy) is 1. The van der Waals surface area contributed by atoms with Crippen LogP contribution in [0, 0.1) is 6.92 Å². The van der Waals surface area contributed by atoms with Gasteiger partial charge in [-0.25, -0.2) is 0 Å². The van der Waals surface area contributed by atoms with Crippen molar-refractivity contribution in [1.29, 1.82) is 0 Å². The highest BCUT2D eigenvalue weighted by Crippen LogP contribution is 2.23. The SMILES string of the molecule is Cc1cc(OCC(N)C(N)=O)ccc1C(C)C. The van der Waals surface area contributed by atoms with Gasteiger partial charge in [0, 0.05) is 0 Å². The predicted octanol–water partition coefficient (Wildman–Crippen LogP) is 1.31. The van der Waals surface area contributed by atoms with Gasteiger partial charge in [-0.15, -0.1) is 0 Å². The van der Waals surface area contributed by atoms with Crippen molar-refractivity contribution in [1.82, 2.24) is 0 Å². The Bertz CT molecular complexity index is 402. The zero-order valence-corrected chi connectivity index (χ0v) is 10.6. The molecule has 0 aliphatic rings. The number of hydrogen-bond donors (Lipinski definition) is 2. The molecule has 1 rings (SSSR count). The number of hydrogen-bond acceptors (Lipinski definition) is 3. The van der Waals surface area contributed by atoms with Crippen LogP contribution in [0.25, 0.3) is 0 Å². The van der Waals surface area contributed by atoms with Crippen LogP contribution in [0.2, 0.25) is 0 Å². The Labute approximate surface area is 102 Å². The van der Waals surface area contributed by atoms with E-state index in [1.807, 2.05) is 25.1 Å². The lowest BCUT2D eigenvalue weighted by molar-refractivity contribution is -0.119. The molecule has 0 spiro atoms. The standard InChI is InChI=1S/C13H20N2O2/c1-8(2)11-5-4-10(6-9(11)3)17-7-12(14)13(15)16/h4-6,8,12H,7,14H2,1-3H3,(H2,15,16). The molecule has 1 unspecified atom stereocenters. The molecule has 94 valence electrons. The summed E-state index contributed by atoms with van der Waals surface area (Å²) in [5, 5.41) is 0. The molecular formula is C13H20N2O2. The summed E-state index contributed by atoms with van der Waals surface area (Å²) in [6.45, 7) is 6.43. The van der Waals surface area contributed by atoms with E-state index in [1.54, 1.807) is 0 Å². The molecule has 0 aliphatic heterocycles. The van der Waals surface area contributed by atoms with E-state index in [4.69, 9.17) is 16.2 Å². The van der Waals surface area contributed by atoms with E-state index in [0.29, 0.717) is 11.7 Å². The molecule has 4 heteroatoms. The van der Waals surface area contributed by atoms with Crippen LogP contribution in [0.1, 0.15) is 30.9 Å². The fourth-order valence-corrected chi connectivity index (χ4v) is 1.65. The number of aryl methyl sites for hydroxylation is 1. The summed E-state index contributed by atoms with van der Waals surface area (Å²) >= 11 is 0. The van der Waals surface area contributed by atoms with Crippen LogP contribution in [0.3, 0.4) is 0 Å². The van der Waals surface area contributed by atoms with Crippen molar-refractivity contribution in [2.45, 2.75) is 32.7 Å². The van der Waals surface area contributed by atoms with Crippen molar-refractivity contribution < 1.29 is 9.53 Å². The molecule has 0 saturated carbocycles. The van der Waals surface area contributed by atoms with E-state index >= 15 is 0 Å². The summed E-state index contributed by atoms with van der Waals surface area (Å²) in [6, 6.07) is 5.10. The van der Waals surface area contributed by atoms with Crippen LogP contribution in [-0.2, 0) is 4.79 Å². The van der Waals surface area contributed by atoms with Crippen LogP contribution in [0.5, 0.6) is 5.75 Å². The number of rotatable bonds is 5. The van der Waals surface area contributed by atoms with Gasteiger partial charge in [-0.2, -0.15) is 0 Å². The Hall–Kier alpha value is -1.55. The third-order valence-electron chi connectivity index (χ3n) is 2.66. The Balaban J connectivity index is 2.68. The summed E-state index contributed by atoms with van der Waals surface area (Å²) in [5.74, 6) is 0.640. The van der Waals surface area contributed by atoms with Crippen molar-refractivity contribution >= 4 is 5.91 Å². The first-order valence-electron chi connectivity index (χ1n) is 5.70. The van der Waals surface area contributed by atoms with Gasteiger partial charge in [0.25, 0.3) is 0 Å². The summed E-state index contributed by atoms with van der Waals surface area (Å²) in [5.41, 5.74) is 13.0. The van der Waals surface area contributed by atoms with Gasteiger partial charge >= 0.3 is 0 Å². The van der Waals surface area contributed by atoms with E-state index in [2.05, 4.69) is 13.8 Å². The first-order chi connectivity index (χ1) is 7.91. The highest BCUT2D eigenvalue weighted by molar-refractivity contribution is 5.79. The molecule has 17 heavy (non-hydrogen) atoms. The van der Waals surface area contributed by atoms with Gasteiger partial charge in [-0.3, -0.25) is 4.79 Å². The molecule has 0 aliphatic carbocycles. The number of nitrogens with two attached hydrogens (primary N) is 2. The lowest BCUT2D eigenvalue weighted by Crippen LogP contribution is -2.41. The van der Waals surface area contributed by atoms with Crippen molar-refractivity contribution in [3.05, 3.63) is 29.3 Å². The highest BCUT2D eigenvalue weighted by Gasteiger charge is 2.10. The van der Waals surface area contributed by atoms with Gasteiger partial charge in [0.1, 0.15) is 18.4 Å². The number of carbonyl (C=O) groups excluding carboxylic acids is 1. The van der Waals surface area contributed by atoms with Gasteiger partial charge in [-0.05, 0) is 36.1 Å². The third-order valence-corrected chi connectivity index (χ3v) is 2.66. The first kappa shape index (κ1) is 13.5. The summed E-state index contributed by atoms with van der Waals surface area (Å²) in [7, 11) is 0. The minimum atomic E-state index is -0.764. The van der Waals surface area contributed by atoms with Crippen LogP contribution in [0.15, 0.2) is 18.2 Å². The lowest BCUT2D eigenvalue weighted by Gasteiger charge is -2.13. The first-order valence-corrected chi connectivity index (χ1v) is 5.70. The lowest BCUT2D eigenvalue weighted by atomic mass is 9.98. The Morgan fingerprint density at radius 3 is 2.53 bits per heavy atom. The fraction of sp³-hybridized carbons (Fsp3) is 0.462. The predicted molar refractivity (Wildman–Crippen MR) is 67.9 cm³/mol. The molecule has 1 aromatic rings. The highest BCUT2D eigenvalue weighted by atomic mass is 16.5. The fourth-order valence-electron chi connectivity index (χ4n) is 1.65. The summed E-state index contributed by atoms with van der Waals surface area (Å²) < 4.78 is 5.42. The van der Waals surface area contributed by atoms with E-state index in [0.717, 1.165) is 0 Å². The number of benzene rings is 1. The number of carbonyl (C=O) groups is 1. The molecule has 0 aromatic heterocycles. The molecule has 0 heterocycles. The largest absolute Gasteiger partial charge is 0.491 e. The quantitative estimate of drug-likeness (QED) is 0.809. The van der Waals surface area contributed by atoms with Crippen molar-refractivity contribution in [2.75, 3.05) is 6.61 Å². The zero-order chi connectivity index (χ0) is 13.0. The van der Waals surface area contributed by atoms with Crippen LogP contribution in [-0.4, -0.2) is 18.6 Å². The summed E-state index contributed by atoms with van der Waals surface area (Å²) in [4.78, 5) is 10.7. The maximum atomic E-state index is 10.7. The van der Waals surface area contributed by atoms with Gasteiger partial charge < -0.3 is 16.2 Å². The monoisotopic (exact) mass is 236 g/mol. The van der Waals surface area contributed by atoms with Crippen LogP contribution in [0.4, 0.5) is 0 Å². The normalized spacial score (nSPS) is 12.5. The second-order valence-corrected chi connectivity index (χ2v) is 4.49. The van der Waals surface area contributed by atoms with Crippen molar-refractivity contribution in [2.24, 2.45) is 11.5 Å². The molecule has 1 amide bonds. The van der Waals surface area contributed by atoms with E-state index in [-0.39, 0.29) is 6.61 Å². The van der Waals surface area contributed by atoms with Crippen molar-refractivity contribution in [3.8, 4) is 5.75 Å². The minimum Gasteiger partial charge on any atom is -0.491 e. The summed E-state index contributed by atoms with van der Waals surface area (Å²) in [6.07, 6.45) is 0. The molecule has 0 radical (unpaired) electrons. The van der Waals surface area contributed by atoms with Gasteiger partial charge in [0.15, 0.2) is 0 Å². The molecule has 1 aromatic carbocycles. The molecule has 1 atom stereocenters. The molecular weight excluding hydrogens is 216 g/mol. The van der Waals surface area contributed by atoms with Crippen LogP contribution < -0.4 is 16.2 Å². The molecule has 0 saturated heterocycles. The van der Waals surface area contributed by atoms with Gasteiger partial charge in [0.05, 0.1) is 0 Å². The smallest absolute Gasteiger partial charge is 0.237 e. The molecule has 4 N–H and O–H groups in total. The number of amides is 1. The van der Waals surface area contributed by atoms with E-state index in [1.165, 1.54) is 11.1 Å². The van der Waals surface area contributed by atoms with E-state index < -0.39 is 11.9 Å². The maximum absolute atomic E-state index is 10.7. The Morgan fingerprint density at radius 2 is 2.06 bits per heavy atom. The maximum Gasteiger partial charge on any atom is 0.237 e. The molecule has 4 nitrogen and oxygen atoms in total.